The minimum atomic E-state index is -0.0426. The molecule has 0 saturated carbocycles. The van der Waals surface area contributed by atoms with Gasteiger partial charge in [0.2, 0.25) is 5.91 Å². The number of hydrogen-bond acceptors (Lipinski definition) is 3. The van der Waals surface area contributed by atoms with Gasteiger partial charge in [-0.2, -0.15) is 0 Å². The van der Waals surface area contributed by atoms with Crippen molar-refractivity contribution in [3.8, 4) is 5.75 Å². The Morgan fingerprint density at radius 1 is 1.27 bits per heavy atom. The number of benzene rings is 1. The Morgan fingerprint density at radius 3 is 2.95 bits per heavy atom. The summed E-state index contributed by atoms with van der Waals surface area (Å²) < 4.78 is 7.12. The molecule has 0 aliphatic heterocycles. The number of nitrogens with one attached hydrogen (secondary N) is 1. The van der Waals surface area contributed by atoms with Crippen LogP contribution in [0.1, 0.15) is 5.69 Å². The molecule has 0 fully saturated rings. The lowest BCUT2D eigenvalue weighted by atomic mass is 10.2. The molecule has 1 aromatic carbocycles. The van der Waals surface area contributed by atoms with Crippen LogP contribution >= 0.6 is 0 Å². The molecule has 2 aromatic heterocycles. The molecule has 0 unspecified atom stereocenters. The number of carbonyl (C=O) groups excluding carboxylic acids is 1. The number of methoxy groups -OCH3 is 1. The maximum Gasteiger partial charge on any atom is 0.240 e. The van der Waals surface area contributed by atoms with Crippen molar-refractivity contribution < 1.29 is 9.53 Å². The molecular formula is C17H17N3O2. The highest BCUT2D eigenvalue weighted by molar-refractivity contribution is 5.84. The lowest BCUT2D eigenvalue weighted by molar-refractivity contribution is -0.121. The van der Waals surface area contributed by atoms with Gasteiger partial charge < -0.3 is 14.6 Å². The molecule has 1 N–H and O–H groups in total. The van der Waals surface area contributed by atoms with Crippen molar-refractivity contribution in [3.05, 3.63) is 60.6 Å². The monoisotopic (exact) mass is 295 g/mol. The van der Waals surface area contributed by atoms with E-state index < -0.39 is 0 Å². The van der Waals surface area contributed by atoms with Gasteiger partial charge in [-0.1, -0.05) is 6.07 Å². The lowest BCUT2D eigenvalue weighted by Gasteiger charge is -2.07. The van der Waals surface area contributed by atoms with Gasteiger partial charge in [-0.25, -0.2) is 0 Å². The van der Waals surface area contributed by atoms with E-state index in [-0.39, 0.29) is 12.5 Å². The van der Waals surface area contributed by atoms with Crippen LogP contribution in [-0.2, 0) is 17.9 Å². The first kappa shape index (κ1) is 14.1. The molecule has 0 bridgehead atoms. The quantitative estimate of drug-likeness (QED) is 0.786. The summed E-state index contributed by atoms with van der Waals surface area (Å²) in [6.45, 7) is 0.718. The molecule has 3 rings (SSSR count). The largest absolute Gasteiger partial charge is 0.497 e. The molecule has 0 spiro atoms. The first-order chi connectivity index (χ1) is 10.8. The third-order valence-electron chi connectivity index (χ3n) is 3.48. The van der Waals surface area contributed by atoms with E-state index in [0.717, 1.165) is 22.3 Å². The zero-order chi connectivity index (χ0) is 15.4. The van der Waals surface area contributed by atoms with Crippen molar-refractivity contribution >= 4 is 16.8 Å². The summed E-state index contributed by atoms with van der Waals surface area (Å²) in [5.41, 5.74) is 1.85. The summed E-state index contributed by atoms with van der Waals surface area (Å²) in [6, 6.07) is 13.4. The van der Waals surface area contributed by atoms with Crippen LogP contribution in [0.2, 0.25) is 0 Å². The smallest absolute Gasteiger partial charge is 0.240 e. The molecule has 0 aliphatic rings. The fourth-order valence-electron chi connectivity index (χ4n) is 2.35. The fraction of sp³-hybridized carbons (Fsp3) is 0.176. The predicted octanol–water partition coefficient (Wildman–Crippen LogP) is 2.36. The Morgan fingerprint density at radius 2 is 2.18 bits per heavy atom. The van der Waals surface area contributed by atoms with Crippen molar-refractivity contribution in [3.63, 3.8) is 0 Å². The van der Waals surface area contributed by atoms with Crippen LogP contribution in [0.4, 0.5) is 0 Å². The van der Waals surface area contributed by atoms with E-state index in [4.69, 9.17) is 4.74 Å². The molecule has 22 heavy (non-hydrogen) atoms. The zero-order valence-corrected chi connectivity index (χ0v) is 12.3. The van der Waals surface area contributed by atoms with Gasteiger partial charge >= 0.3 is 0 Å². The first-order valence-electron chi connectivity index (χ1n) is 7.06. The highest BCUT2D eigenvalue weighted by Crippen LogP contribution is 2.21. The van der Waals surface area contributed by atoms with Crippen LogP contribution < -0.4 is 10.1 Å². The van der Waals surface area contributed by atoms with E-state index in [1.807, 2.05) is 53.2 Å². The molecule has 0 saturated heterocycles. The van der Waals surface area contributed by atoms with Gasteiger partial charge in [0.05, 0.1) is 19.3 Å². The normalized spacial score (nSPS) is 10.6. The number of amides is 1. The summed E-state index contributed by atoms with van der Waals surface area (Å²) >= 11 is 0. The summed E-state index contributed by atoms with van der Waals surface area (Å²) in [6.07, 6.45) is 3.62. The third-order valence-corrected chi connectivity index (χ3v) is 3.48. The van der Waals surface area contributed by atoms with Crippen molar-refractivity contribution in [1.82, 2.24) is 14.9 Å². The number of aromatic nitrogens is 2. The van der Waals surface area contributed by atoms with Crippen molar-refractivity contribution in [1.29, 1.82) is 0 Å². The van der Waals surface area contributed by atoms with Gasteiger partial charge in [0.15, 0.2) is 0 Å². The van der Waals surface area contributed by atoms with Gasteiger partial charge in [-0.3, -0.25) is 9.78 Å². The highest BCUT2D eigenvalue weighted by Gasteiger charge is 2.07. The Kier molecular flexibility index (Phi) is 4.05. The van der Waals surface area contributed by atoms with Gasteiger partial charge in [-0.05, 0) is 36.4 Å². The van der Waals surface area contributed by atoms with E-state index in [9.17, 15) is 4.79 Å². The Bertz CT molecular complexity index is 781. The molecular weight excluding hydrogens is 278 g/mol. The second-order valence-electron chi connectivity index (χ2n) is 4.97. The minimum absolute atomic E-state index is 0.0426. The topological polar surface area (TPSA) is 56.1 Å². The Hall–Kier alpha value is -2.82. The van der Waals surface area contributed by atoms with Crippen LogP contribution in [0, 0.1) is 0 Å². The molecule has 3 aromatic rings. The highest BCUT2D eigenvalue weighted by atomic mass is 16.5. The molecule has 1 amide bonds. The van der Waals surface area contributed by atoms with Crippen molar-refractivity contribution in [2.45, 2.75) is 13.1 Å². The molecule has 2 heterocycles. The molecule has 5 nitrogen and oxygen atoms in total. The predicted molar refractivity (Wildman–Crippen MR) is 84.6 cm³/mol. The van der Waals surface area contributed by atoms with Crippen LogP contribution in [0.5, 0.6) is 5.75 Å². The van der Waals surface area contributed by atoms with E-state index in [1.165, 1.54) is 0 Å². The Labute approximate surface area is 128 Å². The number of ether oxygens (including phenoxy) is 1. The van der Waals surface area contributed by atoms with Crippen LogP contribution in [0.25, 0.3) is 10.9 Å². The van der Waals surface area contributed by atoms with Crippen molar-refractivity contribution in [2.24, 2.45) is 0 Å². The second kappa shape index (κ2) is 6.30. The first-order valence-corrected chi connectivity index (χ1v) is 7.06. The zero-order valence-electron chi connectivity index (χ0n) is 12.3. The van der Waals surface area contributed by atoms with E-state index >= 15 is 0 Å². The maximum atomic E-state index is 12.1. The summed E-state index contributed by atoms with van der Waals surface area (Å²) in [4.78, 5) is 16.2. The lowest BCUT2D eigenvalue weighted by Crippen LogP contribution is -2.27. The van der Waals surface area contributed by atoms with E-state index in [1.54, 1.807) is 13.3 Å². The van der Waals surface area contributed by atoms with Gasteiger partial charge in [-0.15, -0.1) is 0 Å². The van der Waals surface area contributed by atoms with Crippen LogP contribution in [-0.4, -0.2) is 22.6 Å². The Balaban J connectivity index is 1.66. The molecule has 0 radical (unpaired) electrons. The number of carbonyl (C=O) groups is 1. The number of fused-ring (bicyclic) bond motifs is 1. The summed E-state index contributed by atoms with van der Waals surface area (Å²) in [5, 5.41) is 3.93. The van der Waals surface area contributed by atoms with Crippen molar-refractivity contribution in [2.75, 3.05) is 7.11 Å². The van der Waals surface area contributed by atoms with Gasteiger partial charge in [0.25, 0.3) is 0 Å². The molecule has 112 valence electrons. The third kappa shape index (κ3) is 3.09. The standard InChI is InChI=1S/C17H17N3O2/c1-22-15-5-6-16-13(10-15)7-9-20(16)12-17(21)19-11-14-4-2-3-8-18-14/h2-10H,11-12H2,1H3,(H,19,21). The average Bonchev–Trinajstić information content (AvgIpc) is 2.96. The molecule has 5 heteroatoms. The van der Waals surface area contributed by atoms with Gasteiger partial charge in [0.1, 0.15) is 12.3 Å². The molecule has 0 atom stereocenters. The number of pyridine rings is 1. The molecule has 0 aliphatic carbocycles. The maximum absolute atomic E-state index is 12.1. The van der Waals surface area contributed by atoms with Gasteiger partial charge in [0, 0.05) is 23.3 Å². The average molecular weight is 295 g/mol. The number of nitrogens with zero attached hydrogens (tertiary/aromatic N) is 2. The summed E-state index contributed by atoms with van der Waals surface area (Å²) in [5.74, 6) is 0.767. The van der Waals surface area contributed by atoms with Crippen LogP contribution in [0.3, 0.4) is 0 Å². The van der Waals surface area contributed by atoms with Crippen LogP contribution in [0.15, 0.2) is 54.9 Å². The summed E-state index contributed by atoms with van der Waals surface area (Å²) in [7, 11) is 1.64. The van der Waals surface area contributed by atoms with E-state index in [0.29, 0.717) is 6.54 Å². The van der Waals surface area contributed by atoms with E-state index in [2.05, 4.69) is 10.3 Å². The number of hydrogen-bond donors (Lipinski definition) is 1. The fourth-order valence-corrected chi connectivity index (χ4v) is 2.35. The second-order valence-corrected chi connectivity index (χ2v) is 4.97. The minimum Gasteiger partial charge on any atom is -0.497 e. The SMILES string of the molecule is COc1ccc2c(ccn2CC(=O)NCc2ccccn2)c1. The number of rotatable bonds is 5.